The standard InChI is InChI=1S/C9H15N2O9P.2Na.H2O/c12-5-1-2-11(9(15)10-5)8-7(14)6(13)4(20-8)3-19-21(16,17)18;;;/h4,6-8,13-14H,1-3H2,(H,10,12,15)(H2,16,17,18);;;1H2/q;2*+1;/p-2/t4-,6-,7-,8-;;;/m1.../s1. The van der Waals surface area contributed by atoms with Crippen molar-refractivity contribution in [3.8, 4) is 0 Å². The summed E-state index contributed by atoms with van der Waals surface area (Å²) < 4.78 is 19.5. The van der Waals surface area contributed by atoms with Gasteiger partial charge in [0, 0.05) is 13.0 Å². The molecule has 2 aliphatic heterocycles. The molecule has 0 saturated carbocycles. The number of nitrogens with one attached hydrogen (secondary N) is 1. The van der Waals surface area contributed by atoms with Crippen molar-refractivity contribution in [3.05, 3.63) is 0 Å². The third kappa shape index (κ3) is 6.89. The van der Waals surface area contributed by atoms with Crippen molar-refractivity contribution in [1.82, 2.24) is 10.2 Å². The Labute approximate surface area is 181 Å². The molecule has 0 unspecified atom stereocenters. The van der Waals surface area contributed by atoms with Crippen LogP contribution in [0.4, 0.5) is 4.79 Å². The molecule has 2 heterocycles. The fourth-order valence-corrected chi connectivity index (χ4v) is 2.44. The van der Waals surface area contributed by atoms with E-state index < -0.39 is 50.9 Å². The van der Waals surface area contributed by atoms with Crippen LogP contribution in [0.25, 0.3) is 0 Å². The first kappa shape index (κ1) is 27.1. The molecule has 24 heavy (non-hydrogen) atoms. The number of aliphatic hydroxyl groups is 2. The van der Waals surface area contributed by atoms with Gasteiger partial charge in [0.15, 0.2) is 6.23 Å². The zero-order valence-corrected chi connectivity index (χ0v) is 18.0. The molecule has 15 heteroatoms. The zero-order chi connectivity index (χ0) is 15.8. The molecule has 0 bridgehead atoms. The van der Waals surface area contributed by atoms with Crippen molar-refractivity contribution in [2.75, 3.05) is 13.2 Å². The van der Waals surface area contributed by atoms with Gasteiger partial charge in [-0.2, -0.15) is 0 Å². The summed E-state index contributed by atoms with van der Waals surface area (Å²) in [6, 6.07) is -0.803. The Kier molecular flexibility index (Phi) is 12.3. The smallest absolute Gasteiger partial charge is 0.790 e. The number of hydrogen-bond acceptors (Lipinski definition) is 9. The van der Waals surface area contributed by atoms with E-state index in [0.29, 0.717) is 0 Å². The molecule has 2 rings (SSSR count). The summed E-state index contributed by atoms with van der Waals surface area (Å²) in [6.45, 7) is -0.818. The monoisotopic (exact) mass is 388 g/mol. The van der Waals surface area contributed by atoms with Crippen molar-refractivity contribution in [2.45, 2.75) is 31.0 Å². The molecule has 0 radical (unpaired) electrons. The fraction of sp³-hybridized carbons (Fsp3) is 0.778. The second kappa shape index (κ2) is 10.9. The largest absolute Gasteiger partial charge is 1.00 e. The number of imide groups is 1. The number of phosphoric ester groups is 1. The van der Waals surface area contributed by atoms with E-state index in [1.807, 2.05) is 5.32 Å². The van der Waals surface area contributed by atoms with Crippen LogP contribution in [0.1, 0.15) is 6.42 Å². The van der Waals surface area contributed by atoms with E-state index in [0.717, 1.165) is 4.90 Å². The van der Waals surface area contributed by atoms with Crippen LogP contribution in [0.3, 0.4) is 0 Å². The Morgan fingerprint density at radius 3 is 2.38 bits per heavy atom. The molecule has 0 spiro atoms. The summed E-state index contributed by atoms with van der Waals surface area (Å²) in [5.41, 5.74) is 0. The number of rotatable bonds is 4. The van der Waals surface area contributed by atoms with Crippen molar-refractivity contribution in [1.29, 1.82) is 0 Å². The molecule has 0 aliphatic carbocycles. The summed E-state index contributed by atoms with van der Waals surface area (Å²) in [4.78, 5) is 44.4. The number of amides is 3. The number of carbonyl (C=O) groups is 2. The first-order valence-electron chi connectivity index (χ1n) is 5.97. The van der Waals surface area contributed by atoms with Crippen LogP contribution in [-0.2, 0) is 18.6 Å². The van der Waals surface area contributed by atoms with Crippen LogP contribution in [0.5, 0.6) is 0 Å². The number of carbonyl (C=O) groups excluding carboxylic acids is 2. The number of urea groups is 1. The SMILES string of the molecule is O.O=C1CCN([C@@H]2O[C@H](COP(=O)([O-])[O-])[C@@H](O)[C@H]2O)C(=O)N1.[Na+].[Na+]. The van der Waals surface area contributed by atoms with Crippen LogP contribution in [0, 0.1) is 0 Å². The molecule has 12 nitrogen and oxygen atoms in total. The van der Waals surface area contributed by atoms with Gasteiger partial charge in [-0.15, -0.1) is 0 Å². The van der Waals surface area contributed by atoms with E-state index in [1.165, 1.54) is 0 Å². The molecule has 128 valence electrons. The summed E-state index contributed by atoms with van der Waals surface area (Å²) in [7, 11) is -5.25. The van der Waals surface area contributed by atoms with Gasteiger partial charge in [-0.1, -0.05) is 0 Å². The molecule has 2 saturated heterocycles. The van der Waals surface area contributed by atoms with Gasteiger partial charge < -0.3 is 39.3 Å². The van der Waals surface area contributed by atoms with Gasteiger partial charge in [0.1, 0.15) is 18.3 Å². The van der Waals surface area contributed by atoms with E-state index in [9.17, 15) is 34.2 Å². The van der Waals surface area contributed by atoms with E-state index in [-0.39, 0.29) is 77.6 Å². The van der Waals surface area contributed by atoms with Gasteiger partial charge in [0.05, 0.1) is 14.4 Å². The summed E-state index contributed by atoms with van der Waals surface area (Å²) in [5.74, 6) is -0.484. The number of ether oxygens (including phenoxy) is 1. The molecule has 0 aromatic rings. The first-order chi connectivity index (χ1) is 9.69. The van der Waals surface area contributed by atoms with E-state index >= 15 is 0 Å². The zero-order valence-electron chi connectivity index (χ0n) is 13.1. The molecule has 5 N–H and O–H groups in total. The predicted molar refractivity (Wildman–Crippen MR) is 62.7 cm³/mol. The predicted octanol–water partition coefficient (Wildman–Crippen LogP) is -10.6. The van der Waals surface area contributed by atoms with Crippen molar-refractivity contribution in [2.24, 2.45) is 0 Å². The second-order valence-corrected chi connectivity index (χ2v) is 5.74. The second-order valence-electron chi connectivity index (χ2n) is 4.59. The Morgan fingerprint density at radius 1 is 1.29 bits per heavy atom. The number of phosphoric acid groups is 1. The molecule has 0 aromatic heterocycles. The number of aliphatic hydroxyl groups excluding tert-OH is 2. The summed E-state index contributed by atoms with van der Waals surface area (Å²) in [6.07, 6.45) is -5.67. The minimum absolute atomic E-state index is 0. The average molecular weight is 388 g/mol. The Morgan fingerprint density at radius 2 is 1.88 bits per heavy atom. The maximum Gasteiger partial charge on any atom is 1.00 e. The van der Waals surface area contributed by atoms with Crippen molar-refractivity contribution < 1.29 is 108 Å². The summed E-state index contributed by atoms with van der Waals surface area (Å²) >= 11 is 0. The van der Waals surface area contributed by atoms with Gasteiger partial charge in [-0.25, -0.2) is 4.79 Å². The van der Waals surface area contributed by atoms with Gasteiger partial charge in [0.2, 0.25) is 5.91 Å². The number of hydrogen-bond donors (Lipinski definition) is 3. The van der Waals surface area contributed by atoms with Crippen LogP contribution in [-0.4, -0.2) is 70.2 Å². The molecule has 4 atom stereocenters. The van der Waals surface area contributed by atoms with Gasteiger partial charge in [0.25, 0.3) is 0 Å². The Hall–Kier alpha value is 0.890. The number of nitrogens with zero attached hydrogens (tertiary/aromatic N) is 1. The van der Waals surface area contributed by atoms with Crippen LogP contribution >= 0.6 is 7.82 Å². The van der Waals surface area contributed by atoms with Gasteiger partial charge in [-0.05, 0) is 0 Å². The molecule has 3 amide bonds. The Balaban J connectivity index is 0. The molecular weight excluding hydrogens is 373 g/mol. The maximum absolute atomic E-state index is 11.6. The third-order valence-electron chi connectivity index (χ3n) is 3.13. The van der Waals surface area contributed by atoms with Gasteiger partial charge >= 0.3 is 65.1 Å². The van der Waals surface area contributed by atoms with E-state index in [1.54, 1.807) is 0 Å². The topological polar surface area (TPSA) is 203 Å². The molecule has 0 aromatic carbocycles. The molecule has 2 fully saturated rings. The fourth-order valence-electron chi connectivity index (χ4n) is 2.11. The third-order valence-corrected chi connectivity index (χ3v) is 3.59. The minimum atomic E-state index is -5.25. The van der Waals surface area contributed by atoms with E-state index in [2.05, 4.69) is 4.52 Å². The maximum atomic E-state index is 11.6. The van der Waals surface area contributed by atoms with Crippen LogP contribution in [0.2, 0.25) is 0 Å². The minimum Gasteiger partial charge on any atom is -0.790 e. The molecular formula is C9H15N2Na2O10P. The van der Waals surface area contributed by atoms with Crippen molar-refractivity contribution >= 4 is 19.8 Å². The van der Waals surface area contributed by atoms with Gasteiger partial charge in [-0.3, -0.25) is 15.0 Å². The quantitative estimate of drug-likeness (QED) is 0.308. The van der Waals surface area contributed by atoms with Crippen LogP contribution in [0.15, 0.2) is 0 Å². The van der Waals surface area contributed by atoms with Crippen molar-refractivity contribution in [3.63, 3.8) is 0 Å². The first-order valence-corrected chi connectivity index (χ1v) is 7.44. The average Bonchev–Trinajstić information content (AvgIpc) is 2.64. The Bertz CT molecular complexity index is 491. The van der Waals surface area contributed by atoms with Crippen LogP contribution < -0.4 is 74.2 Å². The van der Waals surface area contributed by atoms with E-state index in [4.69, 9.17) is 4.74 Å². The summed E-state index contributed by atoms with van der Waals surface area (Å²) in [5, 5.41) is 21.6. The molecule has 2 aliphatic rings. The normalized spacial score (nSPS) is 29.9.